The Morgan fingerprint density at radius 3 is 2.88 bits per heavy atom. The van der Waals surface area contributed by atoms with Gasteiger partial charge in [-0.25, -0.2) is 9.78 Å². The lowest BCUT2D eigenvalue weighted by atomic mass is 10.3. The van der Waals surface area contributed by atoms with Crippen molar-refractivity contribution in [2.24, 2.45) is 5.11 Å². The Labute approximate surface area is 95.5 Å². The summed E-state index contributed by atoms with van der Waals surface area (Å²) >= 11 is 0. The van der Waals surface area contributed by atoms with Gasteiger partial charge in [-0.15, -0.1) is 0 Å². The minimum absolute atomic E-state index is 0.112. The van der Waals surface area contributed by atoms with Crippen LogP contribution in [0.25, 0.3) is 10.4 Å². The molecular weight excluding hydrogens is 228 g/mol. The number of esters is 1. The second kappa shape index (κ2) is 5.47. The van der Waals surface area contributed by atoms with Crippen LogP contribution in [0.3, 0.4) is 0 Å². The van der Waals surface area contributed by atoms with Gasteiger partial charge < -0.3 is 9.84 Å². The first-order chi connectivity index (χ1) is 8.10. The number of azide groups is 1. The van der Waals surface area contributed by atoms with Crippen LogP contribution in [0.4, 0.5) is 5.69 Å². The summed E-state index contributed by atoms with van der Waals surface area (Å²) in [5.74, 6) is -2.06. The van der Waals surface area contributed by atoms with Crippen LogP contribution in [0.5, 0.6) is 5.75 Å². The van der Waals surface area contributed by atoms with Crippen LogP contribution >= 0.6 is 0 Å². The summed E-state index contributed by atoms with van der Waals surface area (Å²) < 4.78 is 4.83. The zero-order valence-corrected chi connectivity index (χ0v) is 8.82. The summed E-state index contributed by atoms with van der Waals surface area (Å²) in [5, 5.41) is 12.0. The normalized spacial score (nSPS) is 9.24. The number of carbonyl (C=O) groups excluding carboxylic acids is 1. The molecule has 1 aromatic heterocycles. The van der Waals surface area contributed by atoms with E-state index in [1.807, 2.05) is 0 Å². The SMILES string of the molecule is CCC(=O)Oc1ccnc(C(=O)O)c1N=[N+]=[N-]. The number of nitrogens with zero attached hydrogens (tertiary/aromatic N) is 4. The predicted molar refractivity (Wildman–Crippen MR) is 55.9 cm³/mol. The third kappa shape index (κ3) is 2.93. The Bertz CT molecular complexity index is 508. The number of pyridine rings is 1. The quantitative estimate of drug-likeness (QED) is 0.370. The van der Waals surface area contributed by atoms with E-state index in [1.54, 1.807) is 6.92 Å². The van der Waals surface area contributed by atoms with Gasteiger partial charge in [0.25, 0.3) is 0 Å². The van der Waals surface area contributed by atoms with E-state index >= 15 is 0 Å². The summed E-state index contributed by atoms with van der Waals surface area (Å²) in [6.45, 7) is 1.58. The molecule has 1 aromatic rings. The van der Waals surface area contributed by atoms with Gasteiger partial charge in [0, 0.05) is 17.5 Å². The largest absolute Gasteiger partial charge is 0.476 e. The van der Waals surface area contributed by atoms with Crippen molar-refractivity contribution in [1.29, 1.82) is 0 Å². The Hall–Kier alpha value is -2.60. The summed E-state index contributed by atoms with van der Waals surface area (Å²) in [7, 11) is 0. The maximum absolute atomic E-state index is 11.1. The molecule has 0 saturated carbocycles. The van der Waals surface area contributed by atoms with Crippen LogP contribution < -0.4 is 4.74 Å². The lowest BCUT2D eigenvalue weighted by Gasteiger charge is -2.06. The Balaban J connectivity index is 3.29. The van der Waals surface area contributed by atoms with Crippen LogP contribution in [0.2, 0.25) is 0 Å². The van der Waals surface area contributed by atoms with Crippen LogP contribution in [0.1, 0.15) is 23.8 Å². The zero-order chi connectivity index (χ0) is 12.8. The number of rotatable bonds is 4. The molecule has 0 spiro atoms. The zero-order valence-electron chi connectivity index (χ0n) is 8.82. The Morgan fingerprint density at radius 1 is 1.65 bits per heavy atom. The number of hydrogen-bond donors (Lipinski definition) is 1. The van der Waals surface area contributed by atoms with E-state index < -0.39 is 17.6 Å². The van der Waals surface area contributed by atoms with Crippen molar-refractivity contribution in [3.63, 3.8) is 0 Å². The molecule has 1 rings (SSSR count). The number of carboxylic acids is 1. The van der Waals surface area contributed by atoms with Gasteiger partial charge in [-0.2, -0.15) is 0 Å². The van der Waals surface area contributed by atoms with Crippen molar-refractivity contribution in [2.75, 3.05) is 0 Å². The summed E-state index contributed by atoms with van der Waals surface area (Å²) in [5.41, 5.74) is 7.56. The highest BCUT2D eigenvalue weighted by molar-refractivity contribution is 5.93. The first-order valence-corrected chi connectivity index (χ1v) is 4.58. The van der Waals surface area contributed by atoms with E-state index in [2.05, 4.69) is 15.0 Å². The number of aromatic carboxylic acids is 1. The first-order valence-electron chi connectivity index (χ1n) is 4.58. The third-order valence-corrected chi connectivity index (χ3v) is 1.75. The Kier molecular flexibility index (Phi) is 4.02. The number of ether oxygens (including phenoxy) is 1. The van der Waals surface area contributed by atoms with Gasteiger partial charge in [0.1, 0.15) is 11.4 Å². The van der Waals surface area contributed by atoms with Crippen molar-refractivity contribution in [3.05, 3.63) is 28.4 Å². The first kappa shape index (κ1) is 12.5. The minimum Gasteiger partial charge on any atom is -0.476 e. The molecule has 0 aromatic carbocycles. The van der Waals surface area contributed by atoms with E-state index in [9.17, 15) is 9.59 Å². The Morgan fingerprint density at radius 2 is 2.35 bits per heavy atom. The van der Waals surface area contributed by atoms with Gasteiger partial charge in [0.05, 0.1) is 0 Å². The highest BCUT2D eigenvalue weighted by Gasteiger charge is 2.17. The summed E-state index contributed by atoms with van der Waals surface area (Å²) in [6, 6.07) is 1.25. The van der Waals surface area contributed by atoms with Crippen LogP contribution in [-0.4, -0.2) is 22.0 Å². The van der Waals surface area contributed by atoms with E-state index in [0.717, 1.165) is 6.20 Å². The summed E-state index contributed by atoms with van der Waals surface area (Å²) in [6.07, 6.45) is 1.26. The number of carboxylic acid groups (broad SMARTS) is 1. The maximum Gasteiger partial charge on any atom is 0.355 e. The molecule has 0 bridgehead atoms. The van der Waals surface area contributed by atoms with Gasteiger partial charge in [-0.05, 0) is 11.6 Å². The van der Waals surface area contributed by atoms with E-state index in [-0.39, 0.29) is 17.9 Å². The lowest BCUT2D eigenvalue weighted by Crippen LogP contribution is -2.08. The fraction of sp³-hybridized carbons (Fsp3) is 0.222. The molecule has 0 amide bonds. The van der Waals surface area contributed by atoms with Gasteiger partial charge in [0.15, 0.2) is 5.69 Å². The number of aromatic nitrogens is 1. The predicted octanol–water partition coefficient (Wildman–Crippen LogP) is 2.04. The number of hydrogen-bond acceptors (Lipinski definition) is 5. The van der Waals surface area contributed by atoms with Crippen molar-refractivity contribution < 1.29 is 19.4 Å². The average Bonchev–Trinajstić information content (AvgIpc) is 2.31. The van der Waals surface area contributed by atoms with E-state index in [0.29, 0.717) is 0 Å². The highest BCUT2D eigenvalue weighted by atomic mass is 16.5. The van der Waals surface area contributed by atoms with Crippen LogP contribution in [0.15, 0.2) is 17.4 Å². The van der Waals surface area contributed by atoms with Crippen LogP contribution in [-0.2, 0) is 4.79 Å². The molecule has 0 saturated heterocycles. The standard InChI is InChI=1S/C9H8N4O4/c1-2-6(14)17-5-3-4-11-8(9(15)16)7(5)12-13-10/h3-4H,2H2,1H3,(H,15,16). The van der Waals surface area contributed by atoms with Gasteiger partial charge in [-0.1, -0.05) is 12.0 Å². The van der Waals surface area contributed by atoms with E-state index in [4.69, 9.17) is 15.4 Å². The molecule has 0 aliphatic heterocycles. The molecule has 1 N–H and O–H groups in total. The highest BCUT2D eigenvalue weighted by Crippen LogP contribution is 2.30. The topological polar surface area (TPSA) is 125 Å². The smallest absolute Gasteiger partial charge is 0.355 e. The van der Waals surface area contributed by atoms with Crippen molar-refractivity contribution in [3.8, 4) is 5.75 Å². The molecule has 8 heteroatoms. The number of carbonyl (C=O) groups is 2. The maximum atomic E-state index is 11.1. The molecule has 0 radical (unpaired) electrons. The van der Waals surface area contributed by atoms with Gasteiger partial charge >= 0.3 is 11.9 Å². The monoisotopic (exact) mass is 236 g/mol. The molecule has 88 valence electrons. The molecule has 0 aliphatic rings. The third-order valence-electron chi connectivity index (χ3n) is 1.75. The van der Waals surface area contributed by atoms with E-state index in [1.165, 1.54) is 6.07 Å². The van der Waals surface area contributed by atoms with Crippen LogP contribution in [0, 0.1) is 0 Å². The fourth-order valence-corrected chi connectivity index (χ4v) is 1.01. The second-order valence-corrected chi connectivity index (χ2v) is 2.83. The molecular formula is C9H8N4O4. The lowest BCUT2D eigenvalue weighted by molar-refractivity contribution is -0.133. The molecule has 0 atom stereocenters. The minimum atomic E-state index is -1.37. The molecule has 1 heterocycles. The van der Waals surface area contributed by atoms with Crippen molar-refractivity contribution >= 4 is 17.6 Å². The average molecular weight is 236 g/mol. The second-order valence-electron chi connectivity index (χ2n) is 2.83. The molecule has 0 aliphatic carbocycles. The molecule has 0 unspecified atom stereocenters. The van der Waals surface area contributed by atoms with Gasteiger partial charge in [-0.3, -0.25) is 4.79 Å². The van der Waals surface area contributed by atoms with Gasteiger partial charge in [0.2, 0.25) is 0 Å². The fourth-order valence-electron chi connectivity index (χ4n) is 1.01. The molecule has 8 nitrogen and oxygen atoms in total. The summed E-state index contributed by atoms with van der Waals surface area (Å²) in [4.78, 5) is 27.9. The van der Waals surface area contributed by atoms with Crippen molar-refractivity contribution in [1.82, 2.24) is 4.98 Å². The molecule has 0 fully saturated rings. The molecule has 17 heavy (non-hydrogen) atoms. The van der Waals surface area contributed by atoms with Crippen molar-refractivity contribution in [2.45, 2.75) is 13.3 Å².